The average molecular weight is 402 g/mol. The molecule has 0 saturated carbocycles. The third-order valence-electron chi connectivity index (χ3n) is 4.09. The van der Waals surface area contributed by atoms with E-state index in [2.05, 4.69) is 10.3 Å². The molecule has 0 radical (unpaired) electrons. The van der Waals surface area contributed by atoms with E-state index in [-0.39, 0.29) is 24.0 Å². The predicted molar refractivity (Wildman–Crippen MR) is 116 cm³/mol. The number of amides is 1. The molecule has 3 rings (SSSR count). The molecule has 1 heterocycles. The highest BCUT2D eigenvalue weighted by molar-refractivity contribution is 6.02. The molecule has 0 aliphatic carbocycles. The molecular formula is C24H22N2O4. The number of esters is 1. The predicted octanol–water partition coefficient (Wildman–Crippen LogP) is 5.01. The Bertz CT molecular complexity index is 1060. The van der Waals surface area contributed by atoms with E-state index in [9.17, 15) is 9.59 Å². The van der Waals surface area contributed by atoms with Gasteiger partial charge in [0, 0.05) is 24.0 Å². The van der Waals surface area contributed by atoms with Gasteiger partial charge in [-0.15, -0.1) is 0 Å². The van der Waals surface area contributed by atoms with Crippen molar-refractivity contribution in [1.29, 1.82) is 0 Å². The number of rotatable bonds is 7. The van der Waals surface area contributed by atoms with Crippen LogP contribution in [0.5, 0.6) is 11.6 Å². The summed E-state index contributed by atoms with van der Waals surface area (Å²) in [4.78, 5) is 28.4. The minimum Gasteiger partial charge on any atom is -0.462 e. The lowest BCUT2D eigenvalue weighted by molar-refractivity contribution is -0.111. The fourth-order valence-electron chi connectivity index (χ4n) is 2.62. The molecule has 0 aliphatic rings. The number of aromatic nitrogens is 1. The first-order valence-electron chi connectivity index (χ1n) is 9.51. The van der Waals surface area contributed by atoms with Crippen LogP contribution in [0.15, 0.2) is 72.9 Å². The Morgan fingerprint density at radius 2 is 1.87 bits per heavy atom. The SMILES string of the molecule is CCOC(=O)c1cccnc1Oc1cccc(NC(=O)/C=C/c2ccc(C)cc2)c1. The summed E-state index contributed by atoms with van der Waals surface area (Å²) in [6.07, 6.45) is 4.74. The van der Waals surface area contributed by atoms with Crippen LogP contribution in [0.25, 0.3) is 6.08 Å². The first-order valence-corrected chi connectivity index (χ1v) is 9.51. The largest absolute Gasteiger partial charge is 0.462 e. The topological polar surface area (TPSA) is 77.5 Å². The van der Waals surface area contributed by atoms with E-state index in [0.717, 1.165) is 11.1 Å². The summed E-state index contributed by atoms with van der Waals surface area (Å²) in [7, 11) is 0. The molecule has 30 heavy (non-hydrogen) atoms. The Balaban J connectivity index is 1.69. The molecule has 0 saturated heterocycles. The number of ether oxygens (including phenoxy) is 2. The number of carbonyl (C=O) groups excluding carboxylic acids is 2. The number of carbonyl (C=O) groups is 2. The summed E-state index contributed by atoms with van der Waals surface area (Å²) in [5.41, 5.74) is 2.89. The standard InChI is InChI=1S/C24H22N2O4/c1-3-29-24(28)21-8-5-15-25-23(21)30-20-7-4-6-19(16-20)26-22(27)14-13-18-11-9-17(2)10-12-18/h4-16H,3H2,1-2H3,(H,26,27)/b14-13+. The zero-order valence-electron chi connectivity index (χ0n) is 16.8. The van der Waals surface area contributed by atoms with Crippen LogP contribution >= 0.6 is 0 Å². The number of hydrogen-bond donors (Lipinski definition) is 1. The highest BCUT2D eigenvalue weighted by Gasteiger charge is 2.15. The maximum Gasteiger partial charge on any atom is 0.343 e. The smallest absolute Gasteiger partial charge is 0.343 e. The van der Waals surface area contributed by atoms with Crippen molar-refractivity contribution in [3.63, 3.8) is 0 Å². The van der Waals surface area contributed by atoms with Crippen LogP contribution in [0, 0.1) is 6.92 Å². The van der Waals surface area contributed by atoms with E-state index in [0.29, 0.717) is 11.4 Å². The van der Waals surface area contributed by atoms with Crippen LogP contribution < -0.4 is 10.1 Å². The normalized spacial score (nSPS) is 10.6. The first kappa shape index (κ1) is 20.8. The maximum absolute atomic E-state index is 12.2. The van der Waals surface area contributed by atoms with Gasteiger partial charge in [-0.2, -0.15) is 0 Å². The summed E-state index contributed by atoms with van der Waals surface area (Å²) in [6, 6.07) is 17.9. The number of anilines is 1. The molecule has 0 aliphatic heterocycles. The van der Waals surface area contributed by atoms with Gasteiger partial charge < -0.3 is 14.8 Å². The van der Waals surface area contributed by atoms with Crippen molar-refractivity contribution >= 4 is 23.6 Å². The summed E-state index contributed by atoms with van der Waals surface area (Å²) < 4.78 is 10.8. The third kappa shape index (κ3) is 5.78. The molecule has 3 aromatic rings. The molecule has 0 spiro atoms. The van der Waals surface area contributed by atoms with Gasteiger partial charge in [-0.1, -0.05) is 35.9 Å². The number of aryl methyl sites for hydroxylation is 1. The molecule has 0 bridgehead atoms. The highest BCUT2D eigenvalue weighted by Crippen LogP contribution is 2.26. The minimum absolute atomic E-state index is 0.138. The van der Waals surface area contributed by atoms with Crippen molar-refractivity contribution < 1.29 is 19.1 Å². The lowest BCUT2D eigenvalue weighted by Gasteiger charge is -2.10. The van der Waals surface area contributed by atoms with Gasteiger partial charge in [0.25, 0.3) is 0 Å². The van der Waals surface area contributed by atoms with Crippen LogP contribution in [0.1, 0.15) is 28.4 Å². The quantitative estimate of drug-likeness (QED) is 0.444. The second kappa shape index (κ2) is 10.0. The summed E-state index contributed by atoms with van der Waals surface area (Å²) in [6.45, 7) is 3.99. The molecule has 6 nitrogen and oxygen atoms in total. The molecule has 2 aromatic carbocycles. The zero-order chi connectivity index (χ0) is 21.3. The summed E-state index contributed by atoms with van der Waals surface area (Å²) in [5, 5.41) is 2.79. The van der Waals surface area contributed by atoms with Crippen molar-refractivity contribution in [1.82, 2.24) is 4.98 Å². The number of hydrogen-bond acceptors (Lipinski definition) is 5. The molecule has 1 aromatic heterocycles. The second-order valence-electron chi connectivity index (χ2n) is 6.44. The molecule has 1 amide bonds. The molecule has 152 valence electrons. The molecule has 6 heteroatoms. The Hall–Kier alpha value is -3.93. The van der Waals surface area contributed by atoms with Gasteiger partial charge in [-0.25, -0.2) is 9.78 Å². The van der Waals surface area contributed by atoms with Crippen molar-refractivity contribution in [2.24, 2.45) is 0 Å². The zero-order valence-corrected chi connectivity index (χ0v) is 16.8. The third-order valence-corrected chi connectivity index (χ3v) is 4.09. The summed E-state index contributed by atoms with van der Waals surface area (Å²) in [5.74, 6) is -0.206. The van der Waals surface area contributed by atoms with Gasteiger partial charge in [0.15, 0.2) is 0 Å². The van der Waals surface area contributed by atoms with Gasteiger partial charge in [-0.05, 0) is 49.8 Å². The fourth-order valence-corrected chi connectivity index (χ4v) is 2.62. The number of nitrogens with zero attached hydrogens (tertiary/aromatic N) is 1. The molecular weight excluding hydrogens is 380 g/mol. The van der Waals surface area contributed by atoms with E-state index >= 15 is 0 Å². The Morgan fingerprint density at radius 1 is 1.07 bits per heavy atom. The van der Waals surface area contributed by atoms with Crippen LogP contribution in [0.2, 0.25) is 0 Å². The van der Waals surface area contributed by atoms with E-state index in [1.54, 1.807) is 49.4 Å². The molecule has 0 fully saturated rings. The fraction of sp³-hybridized carbons (Fsp3) is 0.125. The minimum atomic E-state index is -0.508. The Labute approximate surface area is 175 Å². The van der Waals surface area contributed by atoms with Crippen LogP contribution in [0.4, 0.5) is 5.69 Å². The van der Waals surface area contributed by atoms with Gasteiger partial charge in [0.2, 0.25) is 11.8 Å². The van der Waals surface area contributed by atoms with Gasteiger partial charge >= 0.3 is 5.97 Å². The van der Waals surface area contributed by atoms with Crippen LogP contribution in [-0.2, 0) is 9.53 Å². The van der Waals surface area contributed by atoms with E-state index in [1.807, 2.05) is 31.2 Å². The van der Waals surface area contributed by atoms with E-state index < -0.39 is 5.97 Å². The number of nitrogens with one attached hydrogen (secondary N) is 1. The molecule has 1 N–H and O–H groups in total. The average Bonchev–Trinajstić information content (AvgIpc) is 2.74. The van der Waals surface area contributed by atoms with Crippen molar-refractivity contribution in [2.75, 3.05) is 11.9 Å². The van der Waals surface area contributed by atoms with Gasteiger partial charge in [0.05, 0.1) is 6.61 Å². The van der Waals surface area contributed by atoms with Crippen molar-refractivity contribution in [3.8, 4) is 11.6 Å². The summed E-state index contributed by atoms with van der Waals surface area (Å²) >= 11 is 0. The second-order valence-corrected chi connectivity index (χ2v) is 6.44. The van der Waals surface area contributed by atoms with Crippen molar-refractivity contribution in [2.45, 2.75) is 13.8 Å². The monoisotopic (exact) mass is 402 g/mol. The molecule has 0 unspecified atom stereocenters. The molecule has 0 atom stereocenters. The number of pyridine rings is 1. The van der Waals surface area contributed by atoms with E-state index in [1.165, 1.54) is 12.3 Å². The van der Waals surface area contributed by atoms with Crippen LogP contribution in [0.3, 0.4) is 0 Å². The van der Waals surface area contributed by atoms with Crippen molar-refractivity contribution in [3.05, 3.63) is 89.6 Å². The Kier molecular flexibility index (Phi) is 6.95. The Morgan fingerprint density at radius 3 is 2.63 bits per heavy atom. The lowest BCUT2D eigenvalue weighted by atomic mass is 10.1. The van der Waals surface area contributed by atoms with Gasteiger partial charge in [-0.3, -0.25) is 4.79 Å². The lowest BCUT2D eigenvalue weighted by Crippen LogP contribution is -2.08. The number of benzene rings is 2. The van der Waals surface area contributed by atoms with Gasteiger partial charge in [0.1, 0.15) is 11.3 Å². The first-order chi connectivity index (χ1) is 14.5. The van der Waals surface area contributed by atoms with Crippen LogP contribution in [-0.4, -0.2) is 23.5 Å². The highest BCUT2D eigenvalue weighted by atomic mass is 16.5. The van der Waals surface area contributed by atoms with E-state index in [4.69, 9.17) is 9.47 Å². The maximum atomic E-state index is 12.2.